The second kappa shape index (κ2) is 3.05. The van der Waals surface area contributed by atoms with Gasteiger partial charge >= 0.3 is 0 Å². The van der Waals surface area contributed by atoms with Crippen molar-refractivity contribution in [1.82, 2.24) is 0 Å². The van der Waals surface area contributed by atoms with Gasteiger partial charge in [-0.3, -0.25) is 0 Å². The topological polar surface area (TPSA) is 0 Å². The summed E-state index contributed by atoms with van der Waals surface area (Å²) in [6.45, 7) is 12.1. The van der Waals surface area contributed by atoms with Gasteiger partial charge in [-0.15, -0.1) is 0 Å². The van der Waals surface area contributed by atoms with Gasteiger partial charge in [0, 0.05) is 0 Å². The van der Waals surface area contributed by atoms with Gasteiger partial charge in [-0.05, 0) is 29.6 Å². The third kappa shape index (κ3) is 2.02. The van der Waals surface area contributed by atoms with E-state index in [0.717, 1.165) is 5.92 Å². The van der Waals surface area contributed by atoms with Crippen LogP contribution in [0.1, 0.15) is 60.3 Å². The zero-order chi connectivity index (χ0) is 9.41. The minimum atomic E-state index is 0.504. The smallest absolute Gasteiger partial charge is 0.0314 e. The molecule has 0 N–H and O–H groups in total. The van der Waals surface area contributed by atoms with Crippen molar-refractivity contribution >= 4 is 0 Å². The second-order valence-corrected chi connectivity index (χ2v) is 6.15. The van der Waals surface area contributed by atoms with Crippen LogP contribution in [-0.4, -0.2) is 0 Å². The Morgan fingerprint density at radius 3 is 2.00 bits per heavy atom. The maximum Gasteiger partial charge on any atom is -0.0314 e. The number of hydrogen-bond donors (Lipinski definition) is 0. The Labute approximate surface area is 77.7 Å². The molecular formula is C12H24. The number of hydrogen-bond acceptors (Lipinski definition) is 0. The molecule has 0 aromatic rings. The Morgan fingerprint density at radius 2 is 1.67 bits per heavy atom. The van der Waals surface area contributed by atoms with Gasteiger partial charge in [-0.2, -0.15) is 0 Å². The molecule has 0 heteroatoms. The Kier molecular flexibility index (Phi) is 2.56. The standard InChI is InChI=1S/C12H24/c1-11(2,3)10-8-6-7-9-12(10,4)5/h10H,6-9H2,1-5H3/t10-/m1/s1. The first kappa shape index (κ1) is 10.1. The molecule has 72 valence electrons. The average molecular weight is 168 g/mol. The fourth-order valence-electron chi connectivity index (χ4n) is 3.10. The van der Waals surface area contributed by atoms with Crippen LogP contribution in [0.3, 0.4) is 0 Å². The highest BCUT2D eigenvalue weighted by Gasteiger charge is 2.39. The summed E-state index contributed by atoms with van der Waals surface area (Å²) in [5, 5.41) is 0. The SMILES string of the molecule is CC(C)(C)[C@H]1CCCCC1(C)C. The largest absolute Gasteiger partial charge is 0.0599 e. The third-order valence-corrected chi connectivity index (χ3v) is 3.55. The van der Waals surface area contributed by atoms with Gasteiger partial charge in [0.25, 0.3) is 0 Å². The summed E-state index contributed by atoms with van der Waals surface area (Å²) < 4.78 is 0. The van der Waals surface area contributed by atoms with Gasteiger partial charge in [0.2, 0.25) is 0 Å². The third-order valence-electron chi connectivity index (χ3n) is 3.55. The van der Waals surface area contributed by atoms with Crippen molar-refractivity contribution in [3.63, 3.8) is 0 Å². The highest BCUT2D eigenvalue weighted by molar-refractivity contribution is 4.89. The lowest BCUT2D eigenvalue weighted by atomic mass is 9.59. The van der Waals surface area contributed by atoms with Crippen LogP contribution in [0.15, 0.2) is 0 Å². The molecule has 0 amide bonds. The van der Waals surface area contributed by atoms with Crippen molar-refractivity contribution in [2.24, 2.45) is 16.7 Å². The highest BCUT2D eigenvalue weighted by atomic mass is 14.4. The number of rotatable bonds is 0. The molecule has 12 heavy (non-hydrogen) atoms. The van der Waals surface area contributed by atoms with Crippen molar-refractivity contribution in [1.29, 1.82) is 0 Å². The van der Waals surface area contributed by atoms with Crippen molar-refractivity contribution in [3.05, 3.63) is 0 Å². The van der Waals surface area contributed by atoms with Crippen LogP contribution in [0, 0.1) is 16.7 Å². The molecule has 0 saturated heterocycles. The second-order valence-electron chi connectivity index (χ2n) is 6.15. The zero-order valence-corrected chi connectivity index (χ0v) is 9.41. The summed E-state index contributed by atoms with van der Waals surface area (Å²) in [6, 6.07) is 0. The molecule has 1 aliphatic carbocycles. The lowest BCUT2D eigenvalue weighted by molar-refractivity contribution is 0.0413. The van der Waals surface area contributed by atoms with Crippen LogP contribution < -0.4 is 0 Å². The quantitative estimate of drug-likeness (QED) is 0.507. The molecule has 1 atom stereocenters. The Morgan fingerprint density at radius 1 is 1.08 bits per heavy atom. The van der Waals surface area contributed by atoms with Crippen molar-refractivity contribution in [3.8, 4) is 0 Å². The van der Waals surface area contributed by atoms with E-state index in [-0.39, 0.29) is 0 Å². The van der Waals surface area contributed by atoms with E-state index in [4.69, 9.17) is 0 Å². The van der Waals surface area contributed by atoms with E-state index in [1.54, 1.807) is 0 Å². The normalized spacial score (nSPS) is 30.2. The van der Waals surface area contributed by atoms with E-state index < -0.39 is 0 Å². The van der Waals surface area contributed by atoms with E-state index in [1.807, 2.05) is 0 Å². The first-order valence-electron chi connectivity index (χ1n) is 5.34. The summed E-state index contributed by atoms with van der Waals surface area (Å²) in [5.41, 5.74) is 1.08. The van der Waals surface area contributed by atoms with Crippen LogP contribution in [0.5, 0.6) is 0 Å². The van der Waals surface area contributed by atoms with Crippen molar-refractivity contribution in [2.45, 2.75) is 60.3 Å². The van der Waals surface area contributed by atoms with E-state index in [2.05, 4.69) is 34.6 Å². The first-order chi connectivity index (χ1) is 5.34. The van der Waals surface area contributed by atoms with Gasteiger partial charge in [0.15, 0.2) is 0 Å². The molecule has 0 radical (unpaired) electrons. The maximum absolute atomic E-state index is 2.45. The summed E-state index contributed by atoms with van der Waals surface area (Å²) in [4.78, 5) is 0. The highest BCUT2D eigenvalue weighted by Crippen LogP contribution is 2.49. The molecule has 0 spiro atoms. The van der Waals surface area contributed by atoms with Gasteiger partial charge in [-0.1, -0.05) is 47.5 Å². The molecule has 0 unspecified atom stereocenters. The lowest BCUT2D eigenvalue weighted by Crippen LogP contribution is -2.36. The first-order valence-corrected chi connectivity index (χ1v) is 5.34. The molecule has 1 saturated carbocycles. The summed E-state index contributed by atoms with van der Waals surface area (Å²) >= 11 is 0. The van der Waals surface area contributed by atoms with Gasteiger partial charge in [0.05, 0.1) is 0 Å². The molecule has 0 heterocycles. The van der Waals surface area contributed by atoms with E-state index in [0.29, 0.717) is 10.8 Å². The van der Waals surface area contributed by atoms with Crippen molar-refractivity contribution < 1.29 is 0 Å². The molecule has 1 aliphatic rings. The molecule has 0 aromatic carbocycles. The average Bonchev–Trinajstić information content (AvgIpc) is 1.83. The fourth-order valence-corrected chi connectivity index (χ4v) is 3.10. The van der Waals surface area contributed by atoms with Gasteiger partial charge in [-0.25, -0.2) is 0 Å². The van der Waals surface area contributed by atoms with Crippen molar-refractivity contribution in [2.75, 3.05) is 0 Å². The lowest BCUT2D eigenvalue weighted by Gasteiger charge is -2.46. The Bertz CT molecular complexity index is 148. The summed E-state index contributed by atoms with van der Waals surface area (Å²) in [6.07, 6.45) is 5.76. The van der Waals surface area contributed by atoms with Crippen LogP contribution in [-0.2, 0) is 0 Å². The minimum Gasteiger partial charge on any atom is -0.0599 e. The van der Waals surface area contributed by atoms with Gasteiger partial charge in [0.1, 0.15) is 0 Å². The molecular weight excluding hydrogens is 144 g/mol. The molecule has 1 fully saturated rings. The fraction of sp³-hybridized carbons (Fsp3) is 1.00. The zero-order valence-electron chi connectivity index (χ0n) is 9.41. The Balaban J connectivity index is 2.73. The molecule has 0 bridgehead atoms. The summed E-state index contributed by atoms with van der Waals surface area (Å²) in [7, 11) is 0. The van der Waals surface area contributed by atoms with Crippen LogP contribution >= 0.6 is 0 Å². The molecule has 0 aliphatic heterocycles. The molecule has 0 aromatic heterocycles. The summed E-state index contributed by atoms with van der Waals surface area (Å²) in [5.74, 6) is 0.916. The maximum atomic E-state index is 2.45. The molecule has 0 nitrogen and oxygen atoms in total. The Hall–Kier alpha value is 0. The van der Waals surface area contributed by atoms with E-state index in [1.165, 1.54) is 25.7 Å². The predicted molar refractivity (Wildman–Crippen MR) is 55.2 cm³/mol. The monoisotopic (exact) mass is 168 g/mol. The molecule has 1 rings (SSSR count). The van der Waals surface area contributed by atoms with Crippen LogP contribution in [0.25, 0.3) is 0 Å². The minimum absolute atomic E-state index is 0.504. The van der Waals surface area contributed by atoms with E-state index >= 15 is 0 Å². The van der Waals surface area contributed by atoms with Crippen LogP contribution in [0.2, 0.25) is 0 Å². The van der Waals surface area contributed by atoms with E-state index in [9.17, 15) is 0 Å². The van der Waals surface area contributed by atoms with Gasteiger partial charge < -0.3 is 0 Å². The van der Waals surface area contributed by atoms with Crippen LogP contribution in [0.4, 0.5) is 0 Å². The predicted octanol–water partition coefficient (Wildman–Crippen LogP) is 4.25.